The second kappa shape index (κ2) is 5.27. The molecule has 0 spiro atoms. The number of hydrogen-bond acceptors (Lipinski definition) is 3. The van der Waals surface area contributed by atoms with Crippen LogP contribution in [0.25, 0.3) is 0 Å². The van der Waals surface area contributed by atoms with Crippen molar-refractivity contribution in [2.45, 2.75) is 26.3 Å². The lowest BCUT2D eigenvalue weighted by molar-refractivity contribution is 0.0708. The Balaban J connectivity index is 2.18. The number of aromatic nitrogens is 1. The summed E-state index contributed by atoms with van der Waals surface area (Å²) in [7, 11) is 0. The third-order valence-corrected chi connectivity index (χ3v) is 3.17. The normalized spacial score (nSPS) is 20.4. The number of hydrogen-bond donors (Lipinski definition) is 1. The molecule has 1 aromatic heterocycles. The second-order valence-corrected chi connectivity index (χ2v) is 4.49. The Kier molecular flexibility index (Phi) is 3.74. The molecule has 1 fully saturated rings. The van der Waals surface area contributed by atoms with Gasteiger partial charge in [-0.25, -0.2) is 0 Å². The standard InChI is InChI=1S/C13H19N3O/c1-3-11-8-14-5-4-12(11)13(17)16-7-6-15-10(2)9-16/h4-5,8,10,15H,3,6-7,9H2,1-2H3/t10-/m1/s1. The summed E-state index contributed by atoms with van der Waals surface area (Å²) in [6, 6.07) is 2.20. The van der Waals surface area contributed by atoms with E-state index in [-0.39, 0.29) is 5.91 Å². The molecular weight excluding hydrogens is 214 g/mol. The lowest BCUT2D eigenvalue weighted by Crippen LogP contribution is -2.51. The molecule has 2 heterocycles. The number of carbonyl (C=O) groups is 1. The first-order valence-corrected chi connectivity index (χ1v) is 6.18. The number of carbonyl (C=O) groups excluding carboxylic acids is 1. The van der Waals surface area contributed by atoms with Crippen LogP contribution in [0.1, 0.15) is 29.8 Å². The maximum absolute atomic E-state index is 12.4. The van der Waals surface area contributed by atoms with Gasteiger partial charge in [-0.3, -0.25) is 9.78 Å². The van der Waals surface area contributed by atoms with E-state index in [4.69, 9.17) is 0 Å². The van der Waals surface area contributed by atoms with E-state index in [1.54, 1.807) is 12.4 Å². The van der Waals surface area contributed by atoms with E-state index < -0.39 is 0 Å². The molecule has 4 heteroatoms. The Morgan fingerprint density at radius 1 is 1.65 bits per heavy atom. The van der Waals surface area contributed by atoms with Crippen molar-refractivity contribution in [1.82, 2.24) is 15.2 Å². The van der Waals surface area contributed by atoms with Crippen molar-refractivity contribution >= 4 is 5.91 Å². The predicted molar refractivity (Wildman–Crippen MR) is 67.0 cm³/mol. The van der Waals surface area contributed by atoms with E-state index >= 15 is 0 Å². The molecule has 1 amide bonds. The van der Waals surface area contributed by atoms with Crippen molar-refractivity contribution in [1.29, 1.82) is 0 Å². The van der Waals surface area contributed by atoms with Gasteiger partial charge in [0.05, 0.1) is 0 Å². The van der Waals surface area contributed by atoms with Crippen molar-refractivity contribution in [3.63, 3.8) is 0 Å². The molecule has 17 heavy (non-hydrogen) atoms. The monoisotopic (exact) mass is 233 g/mol. The molecule has 1 saturated heterocycles. The van der Waals surface area contributed by atoms with Crippen LogP contribution in [0.5, 0.6) is 0 Å². The van der Waals surface area contributed by atoms with Gasteiger partial charge in [-0.2, -0.15) is 0 Å². The molecule has 1 N–H and O–H groups in total. The van der Waals surface area contributed by atoms with Gasteiger partial charge in [0.2, 0.25) is 0 Å². The quantitative estimate of drug-likeness (QED) is 0.831. The molecule has 0 bridgehead atoms. The fourth-order valence-corrected chi connectivity index (χ4v) is 2.20. The van der Waals surface area contributed by atoms with E-state index in [9.17, 15) is 4.79 Å². The van der Waals surface area contributed by atoms with Gasteiger partial charge in [0.25, 0.3) is 5.91 Å². The molecule has 1 aromatic rings. The van der Waals surface area contributed by atoms with Gasteiger partial charge >= 0.3 is 0 Å². The molecular formula is C13H19N3O. The van der Waals surface area contributed by atoms with E-state index in [1.165, 1.54) is 0 Å². The minimum Gasteiger partial charge on any atom is -0.336 e. The highest BCUT2D eigenvalue weighted by Crippen LogP contribution is 2.12. The fraction of sp³-hybridized carbons (Fsp3) is 0.538. The van der Waals surface area contributed by atoms with Crippen molar-refractivity contribution in [3.05, 3.63) is 29.6 Å². The van der Waals surface area contributed by atoms with Crippen molar-refractivity contribution in [3.8, 4) is 0 Å². The average Bonchev–Trinajstić information content (AvgIpc) is 2.38. The summed E-state index contributed by atoms with van der Waals surface area (Å²) in [6.45, 7) is 6.60. The maximum atomic E-state index is 12.4. The van der Waals surface area contributed by atoms with Gasteiger partial charge in [0.15, 0.2) is 0 Å². The number of rotatable bonds is 2. The third kappa shape index (κ3) is 2.64. The Bertz CT molecular complexity index is 405. The highest BCUT2D eigenvalue weighted by molar-refractivity contribution is 5.95. The first kappa shape index (κ1) is 12.0. The molecule has 0 saturated carbocycles. The Morgan fingerprint density at radius 3 is 3.18 bits per heavy atom. The first-order chi connectivity index (χ1) is 8.22. The van der Waals surface area contributed by atoms with Crippen LogP contribution in [-0.4, -0.2) is 41.5 Å². The van der Waals surface area contributed by atoms with Crippen LogP contribution in [0, 0.1) is 0 Å². The minimum atomic E-state index is 0.137. The fourth-order valence-electron chi connectivity index (χ4n) is 2.20. The molecule has 0 aliphatic carbocycles. The lowest BCUT2D eigenvalue weighted by Gasteiger charge is -2.32. The highest BCUT2D eigenvalue weighted by atomic mass is 16.2. The molecule has 0 unspecified atom stereocenters. The zero-order valence-electron chi connectivity index (χ0n) is 10.4. The minimum absolute atomic E-state index is 0.137. The van der Waals surface area contributed by atoms with Crippen LogP contribution in [0.2, 0.25) is 0 Å². The maximum Gasteiger partial charge on any atom is 0.254 e. The van der Waals surface area contributed by atoms with Gasteiger partial charge < -0.3 is 10.2 Å². The Morgan fingerprint density at radius 2 is 2.47 bits per heavy atom. The number of nitrogens with zero attached hydrogens (tertiary/aromatic N) is 2. The van der Waals surface area contributed by atoms with Crippen molar-refractivity contribution in [2.24, 2.45) is 0 Å². The molecule has 4 nitrogen and oxygen atoms in total. The lowest BCUT2D eigenvalue weighted by atomic mass is 10.1. The summed E-state index contributed by atoms with van der Waals surface area (Å²) in [5, 5.41) is 3.34. The smallest absolute Gasteiger partial charge is 0.254 e. The van der Waals surface area contributed by atoms with Crippen LogP contribution in [-0.2, 0) is 6.42 Å². The summed E-state index contributed by atoms with van der Waals surface area (Å²) in [5.41, 5.74) is 1.83. The van der Waals surface area contributed by atoms with Crippen LogP contribution < -0.4 is 5.32 Å². The number of amides is 1. The number of nitrogens with one attached hydrogen (secondary N) is 1. The van der Waals surface area contributed by atoms with Gasteiger partial charge in [0.1, 0.15) is 0 Å². The molecule has 0 radical (unpaired) electrons. The third-order valence-electron chi connectivity index (χ3n) is 3.17. The largest absolute Gasteiger partial charge is 0.336 e. The number of aryl methyl sites for hydroxylation is 1. The molecule has 0 aromatic carbocycles. The molecule has 1 atom stereocenters. The summed E-state index contributed by atoms with van der Waals surface area (Å²) in [4.78, 5) is 18.4. The summed E-state index contributed by atoms with van der Waals surface area (Å²) < 4.78 is 0. The number of piperazine rings is 1. The van der Waals surface area contributed by atoms with E-state index in [2.05, 4.69) is 17.2 Å². The summed E-state index contributed by atoms with van der Waals surface area (Å²) in [6.07, 6.45) is 4.33. The van der Waals surface area contributed by atoms with Crippen LogP contribution in [0.4, 0.5) is 0 Å². The van der Waals surface area contributed by atoms with Gasteiger partial charge in [-0.15, -0.1) is 0 Å². The predicted octanol–water partition coefficient (Wildman–Crippen LogP) is 1.08. The van der Waals surface area contributed by atoms with Gasteiger partial charge in [-0.05, 0) is 25.0 Å². The highest BCUT2D eigenvalue weighted by Gasteiger charge is 2.22. The summed E-state index contributed by atoms with van der Waals surface area (Å²) in [5.74, 6) is 0.137. The van der Waals surface area contributed by atoms with Gasteiger partial charge in [0, 0.05) is 43.6 Å². The molecule has 1 aliphatic heterocycles. The van der Waals surface area contributed by atoms with E-state index in [0.717, 1.165) is 37.2 Å². The first-order valence-electron chi connectivity index (χ1n) is 6.18. The molecule has 2 rings (SSSR count). The second-order valence-electron chi connectivity index (χ2n) is 4.49. The van der Waals surface area contributed by atoms with Crippen molar-refractivity contribution < 1.29 is 4.79 Å². The van der Waals surface area contributed by atoms with Crippen LogP contribution >= 0.6 is 0 Å². The topological polar surface area (TPSA) is 45.2 Å². The SMILES string of the molecule is CCc1cnccc1C(=O)N1CCN[C@H](C)C1. The zero-order valence-corrected chi connectivity index (χ0v) is 10.4. The molecule has 92 valence electrons. The van der Waals surface area contributed by atoms with Crippen molar-refractivity contribution in [2.75, 3.05) is 19.6 Å². The number of pyridine rings is 1. The average molecular weight is 233 g/mol. The Hall–Kier alpha value is -1.42. The Labute approximate surface area is 102 Å². The molecule has 1 aliphatic rings. The van der Waals surface area contributed by atoms with E-state index in [0.29, 0.717) is 6.04 Å². The van der Waals surface area contributed by atoms with Gasteiger partial charge in [-0.1, -0.05) is 6.92 Å². The zero-order chi connectivity index (χ0) is 12.3. The summed E-state index contributed by atoms with van der Waals surface area (Å²) >= 11 is 0. The van der Waals surface area contributed by atoms with Crippen LogP contribution in [0.15, 0.2) is 18.5 Å². The van der Waals surface area contributed by atoms with E-state index in [1.807, 2.05) is 17.9 Å². The van der Waals surface area contributed by atoms with Crippen LogP contribution in [0.3, 0.4) is 0 Å².